The van der Waals surface area contributed by atoms with E-state index in [9.17, 15) is 0 Å². The Morgan fingerprint density at radius 3 is 2.81 bits per heavy atom. The Bertz CT molecular complexity index is 354. The third-order valence-corrected chi connectivity index (χ3v) is 2.83. The Balaban J connectivity index is 0.000000963. The highest BCUT2D eigenvalue weighted by Gasteiger charge is 2.31. The zero-order valence-corrected chi connectivity index (χ0v) is 10.00. The average molecular weight is 246 g/mol. The van der Waals surface area contributed by atoms with Crippen LogP contribution in [-0.4, -0.2) is 29.3 Å². The molecule has 3 rings (SSSR count). The Hall–Kier alpha value is -0.650. The lowest BCUT2D eigenvalue weighted by atomic mass is 10.2. The molecule has 0 amide bonds. The third kappa shape index (κ3) is 2.36. The summed E-state index contributed by atoms with van der Waals surface area (Å²) >= 11 is 0. The number of nitrogens with zero attached hydrogens (tertiary/aromatic N) is 2. The normalized spacial score (nSPS) is 29.8. The highest BCUT2D eigenvalue weighted by molar-refractivity contribution is 5.85. The second-order valence-corrected chi connectivity index (χ2v) is 4.36. The number of nitrogens with one attached hydrogen (secondary N) is 1. The predicted octanol–water partition coefficient (Wildman–Crippen LogP) is 1.42. The van der Waals surface area contributed by atoms with Crippen molar-refractivity contribution < 1.29 is 9.26 Å². The van der Waals surface area contributed by atoms with Gasteiger partial charge in [-0.05, 0) is 19.8 Å². The van der Waals surface area contributed by atoms with Gasteiger partial charge in [-0.2, -0.15) is 4.98 Å². The van der Waals surface area contributed by atoms with Gasteiger partial charge >= 0.3 is 0 Å². The van der Waals surface area contributed by atoms with Gasteiger partial charge in [0.05, 0.1) is 6.10 Å². The largest absolute Gasteiger partial charge is 0.363 e. The van der Waals surface area contributed by atoms with Crippen molar-refractivity contribution in [3.63, 3.8) is 0 Å². The van der Waals surface area contributed by atoms with Gasteiger partial charge in [0.1, 0.15) is 6.10 Å². The Kier molecular flexibility index (Phi) is 3.47. The van der Waals surface area contributed by atoms with Crippen LogP contribution in [0.4, 0.5) is 0 Å². The molecule has 5 nitrogen and oxygen atoms in total. The molecule has 2 aliphatic rings. The van der Waals surface area contributed by atoms with Gasteiger partial charge in [-0.3, -0.25) is 0 Å². The second-order valence-electron chi connectivity index (χ2n) is 4.36. The Morgan fingerprint density at radius 2 is 2.12 bits per heavy atom. The smallest absolute Gasteiger partial charge is 0.257 e. The minimum atomic E-state index is -0.0752. The third-order valence-electron chi connectivity index (χ3n) is 2.83. The summed E-state index contributed by atoms with van der Waals surface area (Å²) in [6, 6.07) is 0. The van der Waals surface area contributed by atoms with E-state index in [2.05, 4.69) is 15.5 Å². The number of hydrogen-bond donors (Lipinski definition) is 1. The summed E-state index contributed by atoms with van der Waals surface area (Å²) in [6.45, 7) is 3.69. The molecular formula is C10H16ClN3O2. The fraction of sp³-hybridized carbons (Fsp3) is 0.800. The van der Waals surface area contributed by atoms with Gasteiger partial charge < -0.3 is 14.6 Å². The standard InChI is InChI=1S/C10H15N3O2.ClH/c1-6-4-11-5-8(14-6)10-12-9(13-15-10)7-2-3-7;/h6-8,11H,2-5H2,1H3;1H/t6-,8-;/m1./s1. The maximum absolute atomic E-state index is 5.73. The number of ether oxygens (including phenoxy) is 1. The van der Waals surface area contributed by atoms with E-state index in [4.69, 9.17) is 9.26 Å². The molecule has 1 saturated carbocycles. The number of morpholine rings is 1. The molecule has 1 aromatic rings. The minimum Gasteiger partial charge on any atom is -0.363 e. The molecule has 0 aromatic carbocycles. The molecule has 0 radical (unpaired) electrons. The van der Waals surface area contributed by atoms with Crippen molar-refractivity contribution in [3.8, 4) is 0 Å². The molecule has 1 saturated heterocycles. The molecule has 90 valence electrons. The topological polar surface area (TPSA) is 60.2 Å². The van der Waals surface area contributed by atoms with Gasteiger partial charge in [-0.15, -0.1) is 12.4 Å². The molecule has 16 heavy (non-hydrogen) atoms. The number of rotatable bonds is 2. The van der Waals surface area contributed by atoms with Gasteiger partial charge in [-0.25, -0.2) is 0 Å². The van der Waals surface area contributed by atoms with E-state index in [1.54, 1.807) is 0 Å². The van der Waals surface area contributed by atoms with Gasteiger partial charge in [0, 0.05) is 19.0 Å². The second kappa shape index (κ2) is 4.69. The summed E-state index contributed by atoms with van der Waals surface area (Å²) in [5.41, 5.74) is 0. The van der Waals surface area contributed by atoms with Crippen LogP contribution in [-0.2, 0) is 4.74 Å². The average Bonchev–Trinajstić information content (AvgIpc) is 2.97. The molecule has 6 heteroatoms. The van der Waals surface area contributed by atoms with Crippen molar-refractivity contribution in [2.24, 2.45) is 0 Å². The molecule has 1 aliphatic carbocycles. The van der Waals surface area contributed by atoms with Crippen LogP contribution in [0.1, 0.15) is 43.5 Å². The maximum atomic E-state index is 5.73. The number of aromatic nitrogens is 2. The Labute approximate surface area is 100 Å². The monoisotopic (exact) mass is 245 g/mol. The zero-order valence-electron chi connectivity index (χ0n) is 9.18. The van der Waals surface area contributed by atoms with Crippen molar-refractivity contribution in [1.82, 2.24) is 15.5 Å². The van der Waals surface area contributed by atoms with Gasteiger partial charge in [-0.1, -0.05) is 5.16 Å². The fourth-order valence-corrected chi connectivity index (χ4v) is 1.83. The summed E-state index contributed by atoms with van der Waals surface area (Å²) in [6.07, 6.45) is 2.52. The summed E-state index contributed by atoms with van der Waals surface area (Å²) in [7, 11) is 0. The van der Waals surface area contributed by atoms with E-state index in [-0.39, 0.29) is 24.6 Å². The first kappa shape index (κ1) is 11.8. The maximum Gasteiger partial charge on any atom is 0.257 e. The van der Waals surface area contributed by atoms with Crippen molar-refractivity contribution >= 4 is 12.4 Å². The first-order chi connectivity index (χ1) is 7.33. The summed E-state index contributed by atoms with van der Waals surface area (Å²) in [5.74, 6) is 2.01. The molecule has 0 unspecified atom stereocenters. The van der Waals surface area contributed by atoms with E-state index in [0.29, 0.717) is 11.8 Å². The van der Waals surface area contributed by atoms with E-state index in [0.717, 1.165) is 18.9 Å². The zero-order chi connectivity index (χ0) is 10.3. The highest BCUT2D eigenvalue weighted by atomic mass is 35.5. The summed E-state index contributed by atoms with van der Waals surface area (Å²) in [5, 5.41) is 7.27. The van der Waals surface area contributed by atoms with Gasteiger partial charge in [0.15, 0.2) is 5.82 Å². The highest BCUT2D eigenvalue weighted by Crippen LogP contribution is 2.38. The van der Waals surface area contributed by atoms with Gasteiger partial charge in [0.25, 0.3) is 5.89 Å². The molecule has 1 N–H and O–H groups in total. The predicted molar refractivity (Wildman–Crippen MR) is 59.7 cm³/mol. The van der Waals surface area contributed by atoms with Crippen LogP contribution in [0.25, 0.3) is 0 Å². The first-order valence-corrected chi connectivity index (χ1v) is 5.52. The molecule has 2 heterocycles. The van der Waals surface area contributed by atoms with E-state index in [1.807, 2.05) is 6.92 Å². The molecule has 0 spiro atoms. The van der Waals surface area contributed by atoms with Crippen molar-refractivity contribution in [3.05, 3.63) is 11.7 Å². The SMILES string of the molecule is C[C@@H]1CNC[C@H](c2nc(C3CC3)no2)O1.Cl. The van der Waals surface area contributed by atoms with Crippen molar-refractivity contribution in [2.45, 2.75) is 37.9 Å². The molecule has 1 aliphatic heterocycles. The minimum absolute atomic E-state index is 0. The van der Waals surface area contributed by atoms with E-state index < -0.39 is 0 Å². The lowest BCUT2D eigenvalue weighted by Crippen LogP contribution is -2.39. The molecular weight excluding hydrogens is 230 g/mol. The van der Waals surface area contributed by atoms with Crippen LogP contribution in [0.15, 0.2) is 4.52 Å². The fourth-order valence-electron chi connectivity index (χ4n) is 1.83. The summed E-state index contributed by atoms with van der Waals surface area (Å²) < 4.78 is 11.0. The molecule has 0 bridgehead atoms. The van der Waals surface area contributed by atoms with Crippen LogP contribution in [0.3, 0.4) is 0 Å². The molecule has 1 aromatic heterocycles. The van der Waals surface area contributed by atoms with Crippen LogP contribution < -0.4 is 5.32 Å². The summed E-state index contributed by atoms with van der Waals surface area (Å²) in [4.78, 5) is 4.39. The van der Waals surface area contributed by atoms with Crippen molar-refractivity contribution in [1.29, 1.82) is 0 Å². The van der Waals surface area contributed by atoms with Crippen molar-refractivity contribution in [2.75, 3.05) is 13.1 Å². The quantitative estimate of drug-likeness (QED) is 0.854. The number of halogens is 1. The van der Waals surface area contributed by atoms with E-state index in [1.165, 1.54) is 12.8 Å². The van der Waals surface area contributed by atoms with Crippen LogP contribution in [0.5, 0.6) is 0 Å². The first-order valence-electron chi connectivity index (χ1n) is 5.52. The van der Waals surface area contributed by atoms with Crippen LogP contribution >= 0.6 is 12.4 Å². The van der Waals surface area contributed by atoms with Gasteiger partial charge in [0.2, 0.25) is 0 Å². The number of hydrogen-bond acceptors (Lipinski definition) is 5. The van der Waals surface area contributed by atoms with E-state index >= 15 is 0 Å². The molecule has 2 atom stereocenters. The Morgan fingerprint density at radius 1 is 1.31 bits per heavy atom. The van der Waals surface area contributed by atoms with Crippen LogP contribution in [0.2, 0.25) is 0 Å². The lowest BCUT2D eigenvalue weighted by molar-refractivity contribution is -0.0438. The van der Waals surface area contributed by atoms with Crippen LogP contribution in [0, 0.1) is 0 Å². The lowest BCUT2D eigenvalue weighted by Gasteiger charge is -2.25. The molecule has 2 fully saturated rings.